The van der Waals surface area contributed by atoms with Gasteiger partial charge in [-0.3, -0.25) is 14.4 Å². The van der Waals surface area contributed by atoms with Crippen molar-refractivity contribution in [1.29, 1.82) is 0 Å². The minimum Gasteiger partial charge on any atom is -0.457 e. The van der Waals surface area contributed by atoms with Crippen molar-refractivity contribution in [2.24, 2.45) is 17.8 Å². The maximum Gasteiger partial charge on any atom is 0.306 e. The topological polar surface area (TPSA) is 72.5 Å². The van der Waals surface area contributed by atoms with E-state index in [1.165, 1.54) is 37.5 Å². The summed E-state index contributed by atoms with van der Waals surface area (Å²) in [5, 5.41) is 2.69. The molecule has 5 nitrogen and oxygen atoms in total. The van der Waals surface area contributed by atoms with Gasteiger partial charge in [0.25, 0.3) is 0 Å². The van der Waals surface area contributed by atoms with Gasteiger partial charge in [-0.2, -0.15) is 0 Å². The van der Waals surface area contributed by atoms with Gasteiger partial charge >= 0.3 is 5.97 Å². The van der Waals surface area contributed by atoms with Gasteiger partial charge < -0.3 is 10.1 Å². The van der Waals surface area contributed by atoms with Crippen LogP contribution in [0.2, 0.25) is 0 Å². The quantitative estimate of drug-likeness (QED) is 0.607. The lowest BCUT2D eigenvalue weighted by molar-refractivity contribution is -0.144. The molecule has 2 fully saturated rings. The zero-order valence-electron chi connectivity index (χ0n) is 13.9. The maximum absolute atomic E-state index is 12.1. The number of Topliss-reactive ketones (excluding diaryl/α,β-unsaturated/α-hetero) is 1. The monoisotopic (exact) mass is 349 g/mol. The largest absolute Gasteiger partial charge is 0.457 e. The van der Waals surface area contributed by atoms with Crippen LogP contribution in [0.15, 0.2) is 12.1 Å². The number of thiophene rings is 1. The summed E-state index contributed by atoms with van der Waals surface area (Å²) in [5.74, 6) is 1.41. The van der Waals surface area contributed by atoms with Crippen LogP contribution < -0.4 is 5.32 Å². The van der Waals surface area contributed by atoms with Gasteiger partial charge in [0.1, 0.15) is 0 Å². The summed E-state index contributed by atoms with van der Waals surface area (Å²) < 4.78 is 5.18. The van der Waals surface area contributed by atoms with E-state index in [0.29, 0.717) is 29.7 Å². The molecule has 0 aromatic carbocycles. The van der Waals surface area contributed by atoms with Crippen LogP contribution >= 0.6 is 11.3 Å². The molecule has 1 heterocycles. The molecule has 2 saturated carbocycles. The van der Waals surface area contributed by atoms with E-state index in [1.54, 1.807) is 6.07 Å². The van der Waals surface area contributed by atoms with E-state index in [4.69, 9.17) is 4.74 Å². The van der Waals surface area contributed by atoms with Gasteiger partial charge in [0.15, 0.2) is 6.61 Å². The molecule has 1 aromatic heterocycles. The first kappa shape index (κ1) is 17.1. The molecule has 130 valence electrons. The lowest BCUT2D eigenvalue weighted by Gasteiger charge is -2.20. The van der Waals surface area contributed by atoms with Crippen molar-refractivity contribution in [1.82, 2.24) is 5.32 Å². The van der Waals surface area contributed by atoms with Gasteiger partial charge in [-0.25, -0.2) is 0 Å². The van der Waals surface area contributed by atoms with E-state index >= 15 is 0 Å². The Morgan fingerprint density at radius 2 is 2.08 bits per heavy atom. The molecule has 2 bridgehead atoms. The van der Waals surface area contributed by atoms with Gasteiger partial charge in [0.2, 0.25) is 11.7 Å². The molecule has 0 saturated heterocycles. The van der Waals surface area contributed by atoms with Crippen molar-refractivity contribution in [2.75, 3.05) is 6.61 Å². The van der Waals surface area contributed by atoms with Gasteiger partial charge in [-0.05, 0) is 49.1 Å². The number of fused-ring (bicyclic) bond motifs is 2. The van der Waals surface area contributed by atoms with E-state index in [-0.39, 0.29) is 24.3 Å². The summed E-state index contributed by atoms with van der Waals surface area (Å²) in [6, 6.07) is 3.53. The normalized spacial score (nSPS) is 24.8. The predicted octanol–water partition coefficient (Wildman–Crippen LogP) is 2.94. The fourth-order valence-corrected chi connectivity index (χ4v) is 4.82. The minimum atomic E-state index is -0.254. The number of ketones is 1. The van der Waals surface area contributed by atoms with Crippen molar-refractivity contribution < 1.29 is 19.1 Å². The lowest BCUT2D eigenvalue weighted by Crippen LogP contribution is -2.19. The van der Waals surface area contributed by atoms with Crippen LogP contribution in [0.5, 0.6) is 0 Å². The third-order valence-corrected chi connectivity index (χ3v) is 6.25. The highest BCUT2D eigenvalue weighted by Gasteiger charge is 2.40. The second kappa shape index (κ2) is 7.47. The molecule has 1 aromatic rings. The average Bonchev–Trinajstić information content (AvgIpc) is 3.26. The number of amides is 1. The highest BCUT2D eigenvalue weighted by molar-refractivity contribution is 7.14. The Morgan fingerprint density at radius 1 is 1.25 bits per heavy atom. The number of carbonyl (C=O) groups is 3. The number of carbonyl (C=O) groups excluding carboxylic acids is 3. The average molecular weight is 349 g/mol. The summed E-state index contributed by atoms with van der Waals surface area (Å²) in [6.07, 6.45) is 5.42. The molecule has 3 rings (SSSR count). The first-order chi connectivity index (χ1) is 11.5. The predicted molar refractivity (Wildman–Crippen MR) is 90.7 cm³/mol. The van der Waals surface area contributed by atoms with Crippen molar-refractivity contribution in [2.45, 2.75) is 45.6 Å². The maximum atomic E-state index is 12.1. The van der Waals surface area contributed by atoms with E-state index in [0.717, 1.165) is 17.2 Å². The Balaban J connectivity index is 1.41. The highest BCUT2D eigenvalue weighted by Crippen LogP contribution is 2.49. The number of hydrogen-bond donors (Lipinski definition) is 1. The minimum absolute atomic E-state index is 0.106. The van der Waals surface area contributed by atoms with Crippen molar-refractivity contribution in [3.8, 4) is 0 Å². The Bertz CT molecular complexity index is 639. The van der Waals surface area contributed by atoms with Crippen LogP contribution in [0.25, 0.3) is 0 Å². The summed E-state index contributed by atoms with van der Waals surface area (Å²) in [5.41, 5.74) is 0. The number of rotatable bonds is 7. The Morgan fingerprint density at radius 3 is 2.75 bits per heavy atom. The van der Waals surface area contributed by atoms with Gasteiger partial charge in [-0.1, -0.05) is 6.42 Å². The van der Waals surface area contributed by atoms with Crippen LogP contribution in [0.1, 0.15) is 53.6 Å². The molecule has 6 heteroatoms. The second-order valence-electron chi connectivity index (χ2n) is 6.90. The zero-order chi connectivity index (χ0) is 17.1. The first-order valence-corrected chi connectivity index (χ1v) is 9.35. The second-order valence-corrected chi connectivity index (χ2v) is 8.07. The highest BCUT2D eigenvalue weighted by atomic mass is 32.1. The SMILES string of the molecule is CC(=O)NCc1ccc(C(=O)COC(=O)C[C@@H]2C[C@H]3CC[C@@H]2C3)s1. The van der Waals surface area contributed by atoms with Crippen LogP contribution in [-0.4, -0.2) is 24.3 Å². The van der Waals surface area contributed by atoms with Crippen LogP contribution in [0.3, 0.4) is 0 Å². The van der Waals surface area contributed by atoms with Gasteiger partial charge in [0.05, 0.1) is 11.4 Å². The Kier molecular flexibility index (Phi) is 5.33. The summed E-state index contributed by atoms with van der Waals surface area (Å²) in [6.45, 7) is 1.67. The van der Waals surface area contributed by atoms with Crippen LogP contribution in [-0.2, 0) is 20.9 Å². The van der Waals surface area contributed by atoms with Crippen molar-refractivity contribution in [3.63, 3.8) is 0 Å². The molecule has 1 amide bonds. The molecule has 3 atom stereocenters. The molecule has 2 aliphatic rings. The number of ether oxygens (including phenoxy) is 1. The molecule has 0 radical (unpaired) electrons. The molecular formula is C18H23NO4S. The molecule has 0 aliphatic heterocycles. The lowest BCUT2D eigenvalue weighted by atomic mass is 9.86. The van der Waals surface area contributed by atoms with Crippen molar-refractivity contribution >= 4 is 29.0 Å². The Labute approximate surface area is 145 Å². The first-order valence-electron chi connectivity index (χ1n) is 8.53. The van der Waals surface area contributed by atoms with E-state index < -0.39 is 0 Å². The third kappa shape index (κ3) is 4.23. The zero-order valence-corrected chi connectivity index (χ0v) is 14.7. The summed E-state index contributed by atoms with van der Waals surface area (Å²) >= 11 is 1.32. The molecule has 0 unspecified atom stereocenters. The van der Waals surface area contributed by atoms with Crippen LogP contribution in [0.4, 0.5) is 0 Å². The summed E-state index contributed by atoms with van der Waals surface area (Å²) in [4.78, 5) is 36.4. The molecule has 0 spiro atoms. The fourth-order valence-electron chi connectivity index (χ4n) is 3.95. The van der Waals surface area contributed by atoms with E-state index in [1.807, 2.05) is 6.07 Å². The number of hydrogen-bond acceptors (Lipinski definition) is 5. The summed E-state index contributed by atoms with van der Waals surface area (Å²) in [7, 11) is 0. The number of esters is 1. The van der Waals surface area contributed by atoms with Gasteiger partial charge in [-0.15, -0.1) is 11.3 Å². The fraction of sp³-hybridized carbons (Fsp3) is 0.611. The van der Waals surface area contributed by atoms with Gasteiger partial charge in [0, 0.05) is 18.2 Å². The third-order valence-electron chi connectivity index (χ3n) is 5.13. The van der Waals surface area contributed by atoms with Crippen molar-refractivity contribution in [3.05, 3.63) is 21.9 Å². The Hall–Kier alpha value is -1.69. The van der Waals surface area contributed by atoms with E-state index in [9.17, 15) is 14.4 Å². The molecule has 2 aliphatic carbocycles. The smallest absolute Gasteiger partial charge is 0.306 e. The number of nitrogens with one attached hydrogen (secondary N) is 1. The van der Waals surface area contributed by atoms with E-state index in [2.05, 4.69) is 5.32 Å². The standard InChI is InChI=1S/C18H23NO4S/c1-11(20)19-9-15-4-5-17(24-15)16(21)10-23-18(22)8-14-7-12-2-3-13(14)6-12/h4-5,12-14H,2-3,6-10H2,1H3,(H,19,20)/t12-,13+,14-/m0/s1. The molecule has 24 heavy (non-hydrogen) atoms. The molecule has 1 N–H and O–H groups in total. The molecular weight excluding hydrogens is 326 g/mol. The van der Waals surface area contributed by atoms with Crippen LogP contribution in [0, 0.1) is 17.8 Å².